The molecule has 2 atom stereocenters. The van der Waals surface area contributed by atoms with E-state index in [1.54, 1.807) is 0 Å². The molecule has 0 amide bonds. The molecule has 7 heteroatoms. The van der Waals surface area contributed by atoms with Gasteiger partial charge < -0.3 is 24.8 Å². The molecular formula is C23H40IN3O3. The van der Waals surface area contributed by atoms with E-state index in [-0.39, 0.29) is 30.0 Å². The van der Waals surface area contributed by atoms with E-state index in [2.05, 4.69) is 55.5 Å². The molecule has 30 heavy (non-hydrogen) atoms. The van der Waals surface area contributed by atoms with Crippen LogP contribution in [0.4, 0.5) is 0 Å². The van der Waals surface area contributed by atoms with Crippen LogP contribution in [0.1, 0.15) is 52.1 Å². The van der Waals surface area contributed by atoms with Crippen LogP contribution in [0.25, 0.3) is 0 Å². The Morgan fingerprint density at radius 2 is 2.00 bits per heavy atom. The number of halogens is 1. The number of nitrogens with one attached hydrogen (secondary N) is 2. The van der Waals surface area contributed by atoms with Crippen LogP contribution >= 0.6 is 24.0 Å². The highest BCUT2D eigenvalue weighted by molar-refractivity contribution is 14.0. The second kappa shape index (κ2) is 15.7. The van der Waals surface area contributed by atoms with Crippen molar-refractivity contribution in [1.82, 2.24) is 10.6 Å². The summed E-state index contributed by atoms with van der Waals surface area (Å²) in [6.45, 7) is 14.1. The summed E-state index contributed by atoms with van der Waals surface area (Å²) in [5.74, 6) is 2.85. The highest BCUT2D eigenvalue weighted by Gasteiger charge is 2.15. The number of guanidine groups is 1. The topological polar surface area (TPSA) is 64.1 Å². The van der Waals surface area contributed by atoms with Gasteiger partial charge in [-0.3, -0.25) is 4.99 Å². The molecule has 0 saturated carbocycles. The van der Waals surface area contributed by atoms with Crippen molar-refractivity contribution in [2.24, 2.45) is 16.8 Å². The number of ether oxygens (including phenoxy) is 3. The van der Waals surface area contributed by atoms with E-state index in [0.717, 1.165) is 70.7 Å². The first-order valence-corrected chi connectivity index (χ1v) is 11.0. The molecule has 0 spiro atoms. The minimum atomic E-state index is 0. The van der Waals surface area contributed by atoms with Crippen molar-refractivity contribution in [3.05, 3.63) is 29.8 Å². The Balaban J connectivity index is 0.00000450. The molecule has 1 heterocycles. The number of nitrogens with zero attached hydrogens (tertiary/aromatic N) is 1. The van der Waals surface area contributed by atoms with Crippen molar-refractivity contribution in [3.63, 3.8) is 0 Å². The first-order valence-electron chi connectivity index (χ1n) is 11.0. The smallest absolute Gasteiger partial charge is 0.191 e. The van der Waals surface area contributed by atoms with Gasteiger partial charge in [0.25, 0.3) is 0 Å². The maximum Gasteiger partial charge on any atom is 0.191 e. The molecule has 172 valence electrons. The van der Waals surface area contributed by atoms with Gasteiger partial charge in [0.15, 0.2) is 5.96 Å². The number of hydrogen-bond acceptors (Lipinski definition) is 4. The first-order chi connectivity index (χ1) is 14.1. The van der Waals surface area contributed by atoms with Crippen molar-refractivity contribution in [2.75, 3.05) is 46.1 Å². The van der Waals surface area contributed by atoms with Gasteiger partial charge in [-0.1, -0.05) is 26.0 Å². The van der Waals surface area contributed by atoms with Crippen LogP contribution in [0.3, 0.4) is 0 Å². The van der Waals surface area contributed by atoms with Crippen LogP contribution in [-0.2, 0) is 9.47 Å². The zero-order valence-electron chi connectivity index (χ0n) is 19.0. The van der Waals surface area contributed by atoms with E-state index in [4.69, 9.17) is 14.2 Å². The Labute approximate surface area is 199 Å². The third kappa shape index (κ3) is 10.8. The quantitative estimate of drug-likeness (QED) is 0.181. The van der Waals surface area contributed by atoms with E-state index in [1.165, 1.54) is 5.56 Å². The van der Waals surface area contributed by atoms with Crippen molar-refractivity contribution in [3.8, 4) is 5.75 Å². The highest BCUT2D eigenvalue weighted by Crippen LogP contribution is 2.18. The zero-order chi connectivity index (χ0) is 20.9. The Bertz CT molecular complexity index is 590. The molecule has 1 fully saturated rings. The third-order valence-corrected chi connectivity index (χ3v) is 4.76. The first kappa shape index (κ1) is 27.0. The summed E-state index contributed by atoms with van der Waals surface area (Å²) in [4.78, 5) is 4.68. The van der Waals surface area contributed by atoms with Gasteiger partial charge in [-0.2, -0.15) is 0 Å². The molecule has 6 nitrogen and oxygen atoms in total. The Morgan fingerprint density at radius 1 is 1.23 bits per heavy atom. The normalized spacial score (nSPS) is 17.5. The molecule has 0 aliphatic carbocycles. The Hall–Kier alpha value is -1.06. The molecule has 2 unspecified atom stereocenters. The van der Waals surface area contributed by atoms with Crippen LogP contribution in [0.15, 0.2) is 29.3 Å². The number of rotatable bonds is 12. The SMILES string of the molecule is CCNC(=NCCCOCC1CCOC1)NC(C)c1ccc(OCC(C)C)cc1.I. The average Bonchev–Trinajstić information content (AvgIpc) is 3.23. The molecule has 2 N–H and O–H groups in total. The lowest BCUT2D eigenvalue weighted by Gasteiger charge is -2.19. The lowest BCUT2D eigenvalue weighted by Crippen LogP contribution is -2.38. The summed E-state index contributed by atoms with van der Waals surface area (Å²) < 4.78 is 16.9. The standard InChI is InChI=1S/C23H39N3O3.HI/c1-5-24-23(25-12-6-13-27-16-20-11-14-28-17-20)26-19(4)21-7-9-22(10-8-21)29-15-18(2)3;/h7-10,18-20H,5-6,11-17H2,1-4H3,(H2,24,25,26);1H. The molecule has 1 saturated heterocycles. The third-order valence-electron chi connectivity index (χ3n) is 4.76. The molecule has 1 aliphatic heterocycles. The maximum atomic E-state index is 5.76. The maximum absolute atomic E-state index is 5.76. The molecule has 1 aliphatic rings. The van der Waals surface area contributed by atoms with Crippen molar-refractivity contribution < 1.29 is 14.2 Å². The number of hydrogen-bond donors (Lipinski definition) is 2. The monoisotopic (exact) mass is 533 g/mol. The fourth-order valence-electron chi connectivity index (χ4n) is 3.05. The molecule has 0 radical (unpaired) electrons. The van der Waals surface area contributed by atoms with E-state index in [1.807, 2.05) is 12.1 Å². The molecule has 0 aromatic heterocycles. The Morgan fingerprint density at radius 3 is 2.63 bits per heavy atom. The summed E-state index contributed by atoms with van der Waals surface area (Å²) in [7, 11) is 0. The molecule has 2 rings (SSSR count). The predicted octanol–water partition coefficient (Wildman–Crippen LogP) is 4.40. The minimum Gasteiger partial charge on any atom is -0.493 e. The lowest BCUT2D eigenvalue weighted by atomic mass is 10.1. The lowest BCUT2D eigenvalue weighted by molar-refractivity contribution is 0.0893. The largest absolute Gasteiger partial charge is 0.493 e. The van der Waals surface area contributed by atoms with Crippen molar-refractivity contribution in [2.45, 2.75) is 46.6 Å². The average molecular weight is 533 g/mol. The minimum absolute atomic E-state index is 0. The van der Waals surface area contributed by atoms with Crippen LogP contribution in [0.5, 0.6) is 5.75 Å². The number of benzene rings is 1. The predicted molar refractivity (Wildman–Crippen MR) is 134 cm³/mol. The van der Waals surface area contributed by atoms with Crippen LogP contribution < -0.4 is 15.4 Å². The Kier molecular flexibility index (Phi) is 14.1. The molecule has 0 bridgehead atoms. The van der Waals surface area contributed by atoms with E-state index < -0.39 is 0 Å². The van der Waals surface area contributed by atoms with Gasteiger partial charge in [-0.25, -0.2) is 0 Å². The van der Waals surface area contributed by atoms with Gasteiger partial charge >= 0.3 is 0 Å². The van der Waals surface area contributed by atoms with E-state index in [0.29, 0.717) is 11.8 Å². The van der Waals surface area contributed by atoms with Gasteiger partial charge in [0.05, 0.1) is 25.9 Å². The van der Waals surface area contributed by atoms with E-state index >= 15 is 0 Å². The van der Waals surface area contributed by atoms with Gasteiger partial charge in [0.1, 0.15) is 5.75 Å². The fraction of sp³-hybridized carbons (Fsp3) is 0.696. The second-order valence-electron chi connectivity index (χ2n) is 8.06. The van der Waals surface area contributed by atoms with Crippen LogP contribution in [-0.4, -0.2) is 52.1 Å². The molecule has 1 aromatic rings. The summed E-state index contributed by atoms with van der Waals surface area (Å²) in [6.07, 6.45) is 2.04. The van der Waals surface area contributed by atoms with Crippen LogP contribution in [0, 0.1) is 11.8 Å². The van der Waals surface area contributed by atoms with Crippen LogP contribution in [0.2, 0.25) is 0 Å². The van der Waals surface area contributed by atoms with Crippen molar-refractivity contribution in [1.29, 1.82) is 0 Å². The summed E-state index contributed by atoms with van der Waals surface area (Å²) in [6, 6.07) is 8.44. The summed E-state index contributed by atoms with van der Waals surface area (Å²) in [5.41, 5.74) is 1.20. The highest BCUT2D eigenvalue weighted by atomic mass is 127. The fourth-order valence-corrected chi connectivity index (χ4v) is 3.05. The van der Waals surface area contributed by atoms with Gasteiger partial charge in [-0.05, 0) is 50.3 Å². The van der Waals surface area contributed by atoms with Gasteiger partial charge in [0.2, 0.25) is 0 Å². The second-order valence-corrected chi connectivity index (χ2v) is 8.06. The van der Waals surface area contributed by atoms with Crippen molar-refractivity contribution >= 4 is 29.9 Å². The van der Waals surface area contributed by atoms with E-state index in [9.17, 15) is 0 Å². The summed E-state index contributed by atoms with van der Waals surface area (Å²) >= 11 is 0. The number of aliphatic imine (C=N–C) groups is 1. The van der Waals surface area contributed by atoms with Gasteiger partial charge in [-0.15, -0.1) is 24.0 Å². The molecular weight excluding hydrogens is 493 g/mol. The summed E-state index contributed by atoms with van der Waals surface area (Å²) in [5, 5.41) is 6.80. The zero-order valence-corrected chi connectivity index (χ0v) is 21.3. The molecule has 1 aromatic carbocycles. The van der Waals surface area contributed by atoms with Gasteiger partial charge in [0, 0.05) is 32.2 Å².